The molecule has 2 amide bonds. The Bertz CT molecular complexity index is 968. The summed E-state index contributed by atoms with van der Waals surface area (Å²) in [5.41, 5.74) is 2.27. The van der Waals surface area contributed by atoms with E-state index in [9.17, 15) is 9.59 Å². The van der Waals surface area contributed by atoms with E-state index >= 15 is 0 Å². The van der Waals surface area contributed by atoms with Gasteiger partial charge >= 0.3 is 6.03 Å². The van der Waals surface area contributed by atoms with Crippen molar-refractivity contribution < 1.29 is 14.3 Å². The third kappa shape index (κ3) is 4.26. The number of amides is 2. The normalized spacial score (nSPS) is 10.4. The molecule has 3 aromatic carbocycles. The van der Waals surface area contributed by atoms with Gasteiger partial charge in [-0.15, -0.1) is 0 Å². The number of ketones is 1. The predicted molar refractivity (Wildman–Crippen MR) is 107 cm³/mol. The Balaban J connectivity index is 2.00. The van der Waals surface area contributed by atoms with Crippen LogP contribution in [0.2, 0.25) is 0 Å². The van der Waals surface area contributed by atoms with E-state index in [1.165, 1.54) is 0 Å². The molecule has 0 saturated carbocycles. The van der Waals surface area contributed by atoms with Gasteiger partial charge in [-0.25, -0.2) is 4.79 Å². The highest BCUT2D eigenvalue weighted by atomic mass is 16.5. The summed E-state index contributed by atoms with van der Waals surface area (Å²) in [5.74, 6) is 0.735. The van der Waals surface area contributed by atoms with Crippen molar-refractivity contribution in [2.75, 3.05) is 20.7 Å². The van der Waals surface area contributed by atoms with Crippen molar-refractivity contribution in [3.05, 3.63) is 77.4 Å². The number of fused-ring (bicyclic) bond motifs is 1. The molecule has 0 spiro atoms. The number of rotatable bonds is 6. The molecule has 0 heterocycles. The summed E-state index contributed by atoms with van der Waals surface area (Å²) in [5, 5.41) is 7.30. The molecule has 138 valence electrons. The van der Waals surface area contributed by atoms with Gasteiger partial charge in [-0.3, -0.25) is 4.79 Å². The van der Waals surface area contributed by atoms with E-state index in [4.69, 9.17) is 4.74 Å². The predicted octanol–water partition coefficient (Wildman–Crippen LogP) is 3.55. The molecule has 0 saturated heterocycles. The number of urea groups is 1. The van der Waals surface area contributed by atoms with E-state index in [0.717, 1.165) is 22.1 Å². The van der Waals surface area contributed by atoms with Crippen LogP contribution in [0.25, 0.3) is 10.8 Å². The van der Waals surface area contributed by atoms with Gasteiger partial charge in [0, 0.05) is 24.7 Å². The monoisotopic (exact) mass is 362 g/mol. The summed E-state index contributed by atoms with van der Waals surface area (Å²) in [6, 6.07) is 18.6. The first-order valence-electron chi connectivity index (χ1n) is 8.78. The zero-order valence-electron chi connectivity index (χ0n) is 15.4. The van der Waals surface area contributed by atoms with Gasteiger partial charge in [0.15, 0.2) is 5.78 Å². The summed E-state index contributed by atoms with van der Waals surface area (Å²) in [4.78, 5) is 24.3. The summed E-state index contributed by atoms with van der Waals surface area (Å²) in [6.45, 7) is 0.467. The molecular weight excluding hydrogens is 340 g/mol. The number of nitrogens with one attached hydrogen (secondary N) is 2. The van der Waals surface area contributed by atoms with Crippen molar-refractivity contribution in [3.63, 3.8) is 0 Å². The Morgan fingerprint density at radius 1 is 0.963 bits per heavy atom. The van der Waals surface area contributed by atoms with Crippen LogP contribution < -0.4 is 15.4 Å². The van der Waals surface area contributed by atoms with E-state index in [2.05, 4.69) is 10.6 Å². The van der Waals surface area contributed by atoms with Gasteiger partial charge in [-0.2, -0.15) is 0 Å². The molecule has 0 atom stereocenters. The molecule has 5 nitrogen and oxygen atoms in total. The van der Waals surface area contributed by atoms with Crippen LogP contribution in [-0.2, 0) is 6.42 Å². The Morgan fingerprint density at radius 2 is 1.74 bits per heavy atom. The maximum absolute atomic E-state index is 12.9. The minimum absolute atomic E-state index is 0.0196. The van der Waals surface area contributed by atoms with Crippen molar-refractivity contribution in [3.8, 4) is 5.75 Å². The summed E-state index contributed by atoms with van der Waals surface area (Å²) < 4.78 is 5.34. The number of carbonyl (C=O) groups excluding carboxylic acids is 2. The molecule has 0 aliphatic carbocycles. The number of carbonyl (C=O) groups is 2. The lowest BCUT2D eigenvalue weighted by Crippen LogP contribution is -2.34. The second-order valence-corrected chi connectivity index (χ2v) is 6.17. The first kappa shape index (κ1) is 18.5. The lowest BCUT2D eigenvalue weighted by molar-refractivity contribution is 0.103. The zero-order chi connectivity index (χ0) is 19.2. The van der Waals surface area contributed by atoms with Gasteiger partial charge in [0.2, 0.25) is 0 Å². The average Bonchev–Trinajstić information content (AvgIpc) is 2.73. The van der Waals surface area contributed by atoms with E-state index < -0.39 is 0 Å². The maximum atomic E-state index is 12.9. The highest BCUT2D eigenvalue weighted by molar-refractivity contribution is 6.11. The van der Waals surface area contributed by atoms with Crippen LogP contribution in [0, 0.1) is 0 Å². The van der Waals surface area contributed by atoms with Gasteiger partial charge in [0.05, 0.1) is 7.11 Å². The minimum atomic E-state index is -0.228. The van der Waals surface area contributed by atoms with Crippen LogP contribution in [0.15, 0.2) is 60.7 Å². The first-order chi connectivity index (χ1) is 13.1. The average molecular weight is 362 g/mol. The smallest absolute Gasteiger partial charge is 0.314 e. The molecular formula is C22H22N2O3. The number of methoxy groups -OCH3 is 1. The zero-order valence-corrected chi connectivity index (χ0v) is 15.4. The number of ether oxygens (including phenoxy) is 1. The SMILES string of the molecule is CNC(=O)NCCc1cc(C(=O)c2ccccc2)cc2ccc(OC)cc12. The van der Waals surface area contributed by atoms with Crippen LogP contribution in [-0.4, -0.2) is 32.5 Å². The Hall–Kier alpha value is -3.34. The highest BCUT2D eigenvalue weighted by Gasteiger charge is 2.13. The van der Waals surface area contributed by atoms with Gasteiger partial charge in [-0.05, 0) is 47.0 Å². The molecule has 0 bridgehead atoms. The molecule has 0 radical (unpaired) electrons. The van der Waals surface area contributed by atoms with Crippen molar-refractivity contribution in [2.24, 2.45) is 0 Å². The molecule has 27 heavy (non-hydrogen) atoms. The number of hydrogen-bond donors (Lipinski definition) is 2. The van der Waals surface area contributed by atoms with E-state index in [-0.39, 0.29) is 11.8 Å². The van der Waals surface area contributed by atoms with Crippen LogP contribution in [0.5, 0.6) is 5.75 Å². The van der Waals surface area contributed by atoms with Gasteiger partial charge < -0.3 is 15.4 Å². The Kier molecular flexibility index (Phi) is 5.71. The van der Waals surface area contributed by atoms with Crippen molar-refractivity contribution in [1.82, 2.24) is 10.6 Å². The number of benzene rings is 3. The topological polar surface area (TPSA) is 67.4 Å². The molecule has 0 aliphatic heterocycles. The second-order valence-electron chi connectivity index (χ2n) is 6.17. The minimum Gasteiger partial charge on any atom is -0.497 e. The van der Waals surface area contributed by atoms with Crippen LogP contribution in [0.3, 0.4) is 0 Å². The maximum Gasteiger partial charge on any atom is 0.314 e. The molecule has 2 N–H and O–H groups in total. The fraction of sp³-hybridized carbons (Fsp3) is 0.182. The quantitative estimate of drug-likeness (QED) is 0.659. The first-order valence-corrected chi connectivity index (χ1v) is 8.78. The standard InChI is InChI=1S/C22H22N2O3/c1-23-22(26)24-11-10-17-13-18(21(25)15-6-4-3-5-7-15)12-16-8-9-19(27-2)14-20(16)17/h3-9,12-14H,10-11H2,1-2H3,(H2,23,24,26). The third-order valence-electron chi connectivity index (χ3n) is 4.45. The van der Waals surface area contributed by atoms with Crippen molar-refractivity contribution in [1.29, 1.82) is 0 Å². The molecule has 0 aromatic heterocycles. The largest absolute Gasteiger partial charge is 0.497 e. The van der Waals surface area contributed by atoms with Gasteiger partial charge in [0.1, 0.15) is 5.75 Å². The second kappa shape index (κ2) is 8.36. The highest BCUT2D eigenvalue weighted by Crippen LogP contribution is 2.27. The summed E-state index contributed by atoms with van der Waals surface area (Å²) in [7, 11) is 3.20. The molecule has 3 rings (SSSR count). The Morgan fingerprint density at radius 3 is 2.44 bits per heavy atom. The molecule has 0 unspecified atom stereocenters. The van der Waals surface area contributed by atoms with Crippen LogP contribution in [0.1, 0.15) is 21.5 Å². The van der Waals surface area contributed by atoms with Crippen LogP contribution in [0.4, 0.5) is 4.79 Å². The number of hydrogen-bond acceptors (Lipinski definition) is 3. The molecule has 0 fully saturated rings. The van der Waals surface area contributed by atoms with E-state index in [1.807, 2.05) is 60.7 Å². The Labute approximate surface area is 158 Å². The fourth-order valence-corrected chi connectivity index (χ4v) is 3.03. The molecule has 5 heteroatoms. The third-order valence-corrected chi connectivity index (χ3v) is 4.45. The lowest BCUT2D eigenvalue weighted by atomic mass is 9.94. The summed E-state index contributed by atoms with van der Waals surface area (Å²) in [6.07, 6.45) is 0.604. The van der Waals surface area contributed by atoms with E-state index in [1.54, 1.807) is 14.2 Å². The van der Waals surface area contributed by atoms with Gasteiger partial charge in [-0.1, -0.05) is 36.4 Å². The van der Waals surface area contributed by atoms with Crippen molar-refractivity contribution >= 4 is 22.6 Å². The fourth-order valence-electron chi connectivity index (χ4n) is 3.03. The van der Waals surface area contributed by atoms with Gasteiger partial charge in [0.25, 0.3) is 0 Å². The summed E-state index contributed by atoms with van der Waals surface area (Å²) >= 11 is 0. The molecule has 3 aromatic rings. The van der Waals surface area contributed by atoms with Crippen molar-refractivity contribution in [2.45, 2.75) is 6.42 Å². The van der Waals surface area contributed by atoms with Crippen LogP contribution >= 0.6 is 0 Å². The molecule has 0 aliphatic rings. The lowest BCUT2D eigenvalue weighted by Gasteiger charge is -2.12. The van der Waals surface area contributed by atoms with E-state index in [0.29, 0.717) is 24.1 Å².